The summed E-state index contributed by atoms with van der Waals surface area (Å²) in [6, 6.07) is 16.9. The third kappa shape index (κ3) is 5.85. The quantitative estimate of drug-likeness (QED) is 0.822. The molecular weight excluding hydrogens is 304 g/mol. The van der Waals surface area contributed by atoms with Crippen LogP contribution in [0.4, 0.5) is 5.69 Å². The number of anilines is 1. The van der Waals surface area contributed by atoms with E-state index >= 15 is 0 Å². The van der Waals surface area contributed by atoms with Crippen molar-refractivity contribution >= 4 is 17.5 Å². The molecule has 2 amide bonds. The zero-order chi connectivity index (χ0) is 17.4. The molecule has 0 aliphatic rings. The van der Waals surface area contributed by atoms with Gasteiger partial charge in [-0.25, -0.2) is 0 Å². The molecule has 0 unspecified atom stereocenters. The smallest absolute Gasteiger partial charge is 0.246 e. The van der Waals surface area contributed by atoms with Gasteiger partial charge in [0.25, 0.3) is 0 Å². The minimum Gasteiger partial charge on any atom is -0.372 e. The molecule has 0 bridgehead atoms. The minimum atomic E-state index is -0.573. The Morgan fingerprint density at radius 3 is 2.12 bits per heavy atom. The van der Waals surface area contributed by atoms with Crippen LogP contribution < -0.4 is 10.6 Å². The molecule has 2 N–H and O–H groups in total. The Morgan fingerprint density at radius 1 is 0.958 bits per heavy atom. The number of nitrogens with one attached hydrogen (secondary N) is 2. The summed E-state index contributed by atoms with van der Waals surface area (Å²) >= 11 is 0. The highest BCUT2D eigenvalue weighted by atomic mass is 16.5. The third-order valence-corrected chi connectivity index (χ3v) is 3.41. The summed E-state index contributed by atoms with van der Waals surface area (Å²) < 4.78 is 5.67. The Hall–Kier alpha value is -2.66. The molecule has 0 saturated heterocycles. The molecule has 24 heavy (non-hydrogen) atoms. The molecule has 2 aromatic carbocycles. The van der Waals surface area contributed by atoms with Crippen LogP contribution in [-0.2, 0) is 27.5 Å². The second kappa shape index (κ2) is 8.84. The fourth-order valence-electron chi connectivity index (χ4n) is 2.17. The summed E-state index contributed by atoms with van der Waals surface area (Å²) in [6.45, 7) is 4.09. The molecule has 2 aromatic rings. The average Bonchev–Trinajstić information content (AvgIpc) is 2.57. The van der Waals surface area contributed by atoms with Gasteiger partial charge in [-0.05, 0) is 30.2 Å². The molecule has 126 valence electrons. The Labute approximate surface area is 142 Å². The number of benzene rings is 2. The molecule has 5 nitrogen and oxygen atoms in total. The first-order valence-electron chi connectivity index (χ1n) is 7.83. The van der Waals surface area contributed by atoms with Gasteiger partial charge in [0.15, 0.2) is 0 Å². The van der Waals surface area contributed by atoms with Gasteiger partial charge in [-0.1, -0.05) is 42.5 Å². The summed E-state index contributed by atoms with van der Waals surface area (Å²) in [5.41, 5.74) is 2.84. The number of amides is 2. The highest BCUT2D eigenvalue weighted by Crippen LogP contribution is 2.12. The molecule has 0 aliphatic heterocycles. The van der Waals surface area contributed by atoms with Crippen molar-refractivity contribution in [2.45, 2.75) is 33.1 Å². The van der Waals surface area contributed by atoms with Gasteiger partial charge in [0.05, 0.1) is 13.2 Å². The maximum atomic E-state index is 11.9. The van der Waals surface area contributed by atoms with Crippen LogP contribution in [0.2, 0.25) is 0 Å². The highest BCUT2D eigenvalue weighted by molar-refractivity contribution is 5.96. The Kier molecular flexibility index (Phi) is 6.51. The summed E-state index contributed by atoms with van der Waals surface area (Å²) in [4.78, 5) is 22.9. The zero-order valence-corrected chi connectivity index (χ0v) is 13.9. The number of hydrogen-bond acceptors (Lipinski definition) is 3. The first-order valence-corrected chi connectivity index (χ1v) is 7.83. The normalized spacial score (nSPS) is 11.6. The Balaban J connectivity index is 1.80. The fourth-order valence-corrected chi connectivity index (χ4v) is 2.17. The van der Waals surface area contributed by atoms with Gasteiger partial charge in [0.2, 0.25) is 11.8 Å². The van der Waals surface area contributed by atoms with Crippen molar-refractivity contribution in [1.82, 2.24) is 5.32 Å². The van der Waals surface area contributed by atoms with Crippen molar-refractivity contribution in [3.63, 3.8) is 0 Å². The van der Waals surface area contributed by atoms with E-state index in [4.69, 9.17) is 4.74 Å². The predicted molar refractivity (Wildman–Crippen MR) is 93.3 cm³/mol. The van der Waals surface area contributed by atoms with Crippen molar-refractivity contribution in [3.05, 3.63) is 65.7 Å². The number of ether oxygens (including phenoxy) is 1. The second-order valence-corrected chi connectivity index (χ2v) is 5.59. The van der Waals surface area contributed by atoms with E-state index < -0.39 is 6.04 Å². The first kappa shape index (κ1) is 17.7. The lowest BCUT2D eigenvalue weighted by atomic mass is 10.2. The van der Waals surface area contributed by atoms with Crippen LogP contribution in [-0.4, -0.2) is 17.9 Å². The van der Waals surface area contributed by atoms with Crippen LogP contribution in [0, 0.1) is 0 Å². The summed E-state index contributed by atoms with van der Waals surface area (Å²) in [7, 11) is 0. The minimum absolute atomic E-state index is 0.233. The molecule has 0 saturated carbocycles. The molecule has 0 spiro atoms. The van der Waals surface area contributed by atoms with Crippen molar-refractivity contribution in [2.75, 3.05) is 5.32 Å². The maximum Gasteiger partial charge on any atom is 0.246 e. The van der Waals surface area contributed by atoms with Crippen LogP contribution >= 0.6 is 0 Å². The summed E-state index contributed by atoms with van der Waals surface area (Å²) in [5.74, 6) is -0.484. The average molecular weight is 326 g/mol. The molecule has 0 fully saturated rings. The van der Waals surface area contributed by atoms with Gasteiger partial charge < -0.3 is 15.4 Å². The topological polar surface area (TPSA) is 67.4 Å². The monoisotopic (exact) mass is 326 g/mol. The van der Waals surface area contributed by atoms with Crippen molar-refractivity contribution in [2.24, 2.45) is 0 Å². The number of rotatable bonds is 7. The largest absolute Gasteiger partial charge is 0.372 e. The highest BCUT2D eigenvalue weighted by Gasteiger charge is 2.13. The van der Waals surface area contributed by atoms with Crippen LogP contribution in [0.15, 0.2) is 54.6 Å². The van der Waals surface area contributed by atoms with Crippen LogP contribution in [0.3, 0.4) is 0 Å². The van der Waals surface area contributed by atoms with Gasteiger partial charge in [-0.2, -0.15) is 0 Å². The van der Waals surface area contributed by atoms with E-state index in [0.717, 1.165) is 11.1 Å². The van der Waals surface area contributed by atoms with Gasteiger partial charge in [0.1, 0.15) is 6.04 Å². The molecular formula is C19H22N2O3. The molecule has 0 radical (unpaired) electrons. The van der Waals surface area contributed by atoms with Crippen LogP contribution in [0.1, 0.15) is 25.0 Å². The van der Waals surface area contributed by atoms with Gasteiger partial charge in [0, 0.05) is 12.6 Å². The van der Waals surface area contributed by atoms with E-state index in [-0.39, 0.29) is 11.8 Å². The van der Waals surface area contributed by atoms with Crippen molar-refractivity contribution in [3.8, 4) is 0 Å². The van der Waals surface area contributed by atoms with Gasteiger partial charge in [-0.15, -0.1) is 0 Å². The first-order chi connectivity index (χ1) is 11.5. The second-order valence-electron chi connectivity index (χ2n) is 5.59. The lowest BCUT2D eigenvalue weighted by Crippen LogP contribution is -2.40. The fraction of sp³-hybridized carbons (Fsp3) is 0.263. The number of carbonyl (C=O) groups excluding carboxylic acids is 2. The molecule has 2 rings (SSSR count). The summed E-state index contributed by atoms with van der Waals surface area (Å²) in [5, 5.41) is 5.31. The number of hydrogen-bond donors (Lipinski definition) is 2. The maximum absolute atomic E-state index is 11.9. The summed E-state index contributed by atoms with van der Waals surface area (Å²) in [6.07, 6.45) is 0. The van der Waals surface area contributed by atoms with Crippen LogP contribution in [0.25, 0.3) is 0 Å². The number of carbonyl (C=O) groups is 2. The van der Waals surface area contributed by atoms with Crippen molar-refractivity contribution in [1.29, 1.82) is 0 Å². The van der Waals surface area contributed by atoms with Crippen molar-refractivity contribution < 1.29 is 14.3 Å². The Morgan fingerprint density at radius 2 is 1.54 bits per heavy atom. The zero-order valence-electron chi connectivity index (χ0n) is 13.9. The molecule has 0 heterocycles. The Bertz CT molecular complexity index is 669. The lowest BCUT2D eigenvalue weighted by Gasteiger charge is -2.13. The van der Waals surface area contributed by atoms with E-state index in [1.807, 2.05) is 54.6 Å². The van der Waals surface area contributed by atoms with Crippen LogP contribution in [0.5, 0.6) is 0 Å². The third-order valence-electron chi connectivity index (χ3n) is 3.41. The SMILES string of the molecule is CC(=O)N[C@@H](C)C(=O)Nc1ccc(COCc2ccccc2)cc1. The van der Waals surface area contributed by atoms with E-state index in [1.54, 1.807) is 6.92 Å². The van der Waals surface area contributed by atoms with E-state index in [9.17, 15) is 9.59 Å². The molecule has 0 aromatic heterocycles. The van der Waals surface area contributed by atoms with E-state index in [2.05, 4.69) is 10.6 Å². The predicted octanol–water partition coefficient (Wildman–Crippen LogP) is 2.87. The molecule has 5 heteroatoms. The lowest BCUT2D eigenvalue weighted by molar-refractivity contribution is -0.124. The van der Waals surface area contributed by atoms with E-state index in [1.165, 1.54) is 6.92 Å². The van der Waals surface area contributed by atoms with E-state index in [0.29, 0.717) is 18.9 Å². The molecule has 1 atom stereocenters. The van der Waals surface area contributed by atoms with Gasteiger partial charge >= 0.3 is 0 Å². The van der Waals surface area contributed by atoms with Gasteiger partial charge in [-0.3, -0.25) is 9.59 Å². The standard InChI is InChI=1S/C19H22N2O3/c1-14(20-15(2)22)19(23)21-18-10-8-17(9-11-18)13-24-12-16-6-4-3-5-7-16/h3-11,14H,12-13H2,1-2H3,(H,20,22)(H,21,23)/t14-/m0/s1. The molecule has 0 aliphatic carbocycles.